The highest BCUT2D eigenvalue weighted by Crippen LogP contribution is 2.24. The van der Waals surface area contributed by atoms with Crippen molar-refractivity contribution in [2.75, 3.05) is 11.1 Å². The Balaban J connectivity index is 2.30. The molecule has 2 aromatic rings. The fourth-order valence-electron chi connectivity index (χ4n) is 1.17. The fourth-order valence-corrected chi connectivity index (χ4v) is 1.96. The van der Waals surface area contributed by atoms with Crippen molar-refractivity contribution in [2.24, 2.45) is 0 Å². The summed E-state index contributed by atoms with van der Waals surface area (Å²) in [5.41, 5.74) is 6.51. The summed E-state index contributed by atoms with van der Waals surface area (Å²) >= 11 is 6.69. The van der Waals surface area contributed by atoms with Crippen molar-refractivity contribution >= 4 is 49.3 Å². The second kappa shape index (κ2) is 4.80. The molecule has 0 saturated heterocycles. The van der Waals surface area contributed by atoms with E-state index in [1.807, 2.05) is 24.3 Å². The average Bonchev–Trinajstić information content (AvgIpc) is 2.20. The van der Waals surface area contributed by atoms with Crippen molar-refractivity contribution < 1.29 is 0 Å². The molecular weight excluding hydrogens is 336 g/mol. The maximum Gasteiger partial charge on any atom is 0.230 e. The third kappa shape index (κ3) is 2.70. The van der Waals surface area contributed by atoms with Crippen LogP contribution in [0.1, 0.15) is 0 Å². The Hall–Kier alpha value is -1.14. The highest BCUT2D eigenvalue weighted by atomic mass is 79.9. The van der Waals surface area contributed by atoms with Gasteiger partial charge in [0.15, 0.2) is 0 Å². The van der Waals surface area contributed by atoms with Crippen LogP contribution in [0.15, 0.2) is 39.4 Å². The largest absolute Gasteiger partial charge is 0.383 e. The van der Waals surface area contributed by atoms with Gasteiger partial charge in [-0.1, -0.05) is 12.1 Å². The van der Waals surface area contributed by atoms with Crippen molar-refractivity contribution in [1.29, 1.82) is 0 Å². The number of rotatable bonds is 2. The lowest BCUT2D eigenvalue weighted by molar-refractivity contribution is 1.15. The Labute approximate surface area is 110 Å². The first-order valence-corrected chi connectivity index (χ1v) is 6.05. The first-order chi connectivity index (χ1) is 7.65. The summed E-state index contributed by atoms with van der Waals surface area (Å²) in [5, 5.41) is 3.07. The highest BCUT2D eigenvalue weighted by molar-refractivity contribution is 9.10. The monoisotopic (exact) mass is 342 g/mol. The van der Waals surface area contributed by atoms with Crippen LogP contribution in [0.4, 0.5) is 17.5 Å². The molecule has 1 heterocycles. The maximum absolute atomic E-state index is 5.62. The molecule has 0 aliphatic rings. The Bertz CT molecular complexity index is 496. The van der Waals surface area contributed by atoms with E-state index in [1.54, 1.807) is 6.07 Å². The van der Waals surface area contributed by atoms with Gasteiger partial charge in [0, 0.05) is 10.5 Å². The zero-order valence-electron chi connectivity index (χ0n) is 8.11. The first-order valence-electron chi connectivity index (χ1n) is 4.47. The number of nitrogens with zero attached hydrogens (tertiary/aromatic N) is 2. The van der Waals surface area contributed by atoms with Crippen molar-refractivity contribution in [3.05, 3.63) is 39.4 Å². The van der Waals surface area contributed by atoms with Crippen molar-refractivity contribution in [3.63, 3.8) is 0 Å². The number of aromatic nitrogens is 2. The third-order valence-electron chi connectivity index (χ3n) is 1.84. The lowest BCUT2D eigenvalue weighted by atomic mass is 10.3. The smallest absolute Gasteiger partial charge is 0.230 e. The van der Waals surface area contributed by atoms with E-state index in [1.165, 1.54) is 0 Å². The second-order valence-corrected chi connectivity index (χ2v) is 4.71. The minimum absolute atomic E-state index is 0.413. The number of halogens is 2. The molecule has 0 bridgehead atoms. The summed E-state index contributed by atoms with van der Waals surface area (Å²) in [7, 11) is 0. The molecule has 0 fully saturated rings. The normalized spacial score (nSPS) is 10.1. The van der Waals surface area contributed by atoms with Crippen LogP contribution in [0, 0.1) is 0 Å². The molecule has 3 N–H and O–H groups in total. The zero-order chi connectivity index (χ0) is 11.5. The number of anilines is 3. The average molecular weight is 344 g/mol. The lowest BCUT2D eigenvalue weighted by Gasteiger charge is -2.07. The minimum atomic E-state index is 0.413. The number of nitrogens with two attached hydrogens (primary N) is 1. The van der Waals surface area contributed by atoms with Crippen LogP contribution in [0.2, 0.25) is 0 Å². The maximum atomic E-state index is 5.62. The van der Waals surface area contributed by atoms with Crippen molar-refractivity contribution in [1.82, 2.24) is 9.97 Å². The molecule has 0 aliphatic heterocycles. The van der Waals surface area contributed by atoms with Crippen LogP contribution in [-0.4, -0.2) is 9.97 Å². The van der Waals surface area contributed by atoms with Gasteiger partial charge in [-0.3, -0.25) is 0 Å². The molecular formula is C10H8Br2N4. The molecule has 2 rings (SSSR count). The van der Waals surface area contributed by atoms with E-state index in [-0.39, 0.29) is 0 Å². The zero-order valence-corrected chi connectivity index (χ0v) is 11.3. The molecule has 0 amide bonds. The van der Waals surface area contributed by atoms with Gasteiger partial charge < -0.3 is 11.1 Å². The molecule has 6 heteroatoms. The van der Waals surface area contributed by atoms with E-state index in [0.717, 1.165) is 10.2 Å². The van der Waals surface area contributed by atoms with E-state index in [0.29, 0.717) is 16.4 Å². The molecule has 0 aliphatic carbocycles. The predicted molar refractivity (Wildman–Crippen MR) is 71.6 cm³/mol. The SMILES string of the molecule is Nc1cc(Br)nc(Nc2ccccc2Br)n1. The summed E-state index contributed by atoms with van der Waals surface area (Å²) in [5.74, 6) is 0.871. The molecule has 0 radical (unpaired) electrons. The quantitative estimate of drug-likeness (QED) is 0.821. The van der Waals surface area contributed by atoms with Gasteiger partial charge in [-0.15, -0.1) is 0 Å². The van der Waals surface area contributed by atoms with Crippen LogP contribution in [0.5, 0.6) is 0 Å². The molecule has 0 atom stereocenters. The van der Waals surface area contributed by atoms with E-state index >= 15 is 0 Å². The number of hydrogen-bond donors (Lipinski definition) is 2. The molecule has 0 unspecified atom stereocenters. The van der Waals surface area contributed by atoms with Gasteiger partial charge in [-0.25, -0.2) is 4.98 Å². The highest BCUT2D eigenvalue weighted by Gasteiger charge is 2.03. The Morgan fingerprint density at radius 1 is 1.12 bits per heavy atom. The number of nitrogen functional groups attached to an aromatic ring is 1. The van der Waals surface area contributed by atoms with Gasteiger partial charge in [0.25, 0.3) is 0 Å². The first kappa shape index (κ1) is 11.3. The Morgan fingerprint density at radius 3 is 2.56 bits per heavy atom. The van der Waals surface area contributed by atoms with Crippen LogP contribution in [0.25, 0.3) is 0 Å². The second-order valence-electron chi connectivity index (χ2n) is 3.04. The summed E-state index contributed by atoms with van der Waals surface area (Å²) in [6, 6.07) is 9.36. The fraction of sp³-hybridized carbons (Fsp3) is 0. The van der Waals surface area contributed by atoms with Gasteiger partial charge >= 0.3 is 0 Å². The van der Waals surface area contributed by atoms with E-state index in [4.69, 9.17) is 5.73 Å². The summed E-state index contributed by atoms with van der Waals surface area (Å²) in [4.78, 5) is 8.24. The predicted octanol–water partition coefficient (Wildman–Crippen LogP) is 3.33. The van der Waals surface area contributed by atoms with Crippen LogP contribution < -0.4 is 11.1 Å². The van der Waals surface area contributed by atoms with Gasteiger partial charge in [-0.05, 0) is 44.0 Å². The van der Waals surface area contributed by atoms with Gasteiger partial charge in [-0.2, -0.15) is 4.98 Å². The number of nitrogens with one attached hydrogen (secondary N) is 1. The molecule has 82 valence electrons. The summed E-state index contributed by atoms with van der Waals surface area (Å²) in [6.45, 7) is 0. The van der Waals surface area contributed by atoms with Crippen molar-refractivity contribution in [2.45, 2.75) is 0 Å². The standard InChI is InChI=1S/C10H8Br2N4/c11-6-3-1-2-4-7(6)14-10-15-8(12)5-9(13)16-10/h1-5H,(H3,13,14,15,16). The molecule has 16 heavy (non-hydrogen) atoms. The van der Waals surface area contributed by atoms with Crippen LogP contribution in [-0.2, 0) is 0 Å². The Morgan fingerprint density at radius 2 is 1.88 bits per heavy atom. The Kier molecular flexibility index (Phi) is 3.40. The van der Waals surface area contributed by atoms with E-state index in [2.05, 4.69) is 47.1 Å². The third-order valence-corrected chi connectivity index (χ3v) is 2.93. The number of para-hydroxylation sites is 1. The van der Waals surface area contributed by atoms with Gasteiger partial charge in [0.2, 0.25) is 5.95 Å². The van der Waals surface area contributed by atoms with Gasteiger partial charge in [0.05, 0.1) is 5.69 Å². The van der Waals surface area contributed by atoms with E-state index in [9.17, 15) is 0 Å². The molecule has 0 saturated carbocycles. The molecule has 1 aromatic carbocycles. The lowest BCUT2D eigenvalue weighted by Crippen LogP contribution is -2.00. The van der Waals surface area contributed by atoms with Gasteiger partial charge in [0.1, 0.15) is 10.4 Å². The summed E-state index contributed by atoms with van der Waals surface area (Å²) < 4.78 is 1.59. The molecule has 4 nitrogen and oxygen atoms in total. The van der Waals surface area contributed by atoms with Crippen LogP contribution >= 0.6 is 31.9 Å². The van der Waals surface area contributed by atoms with Crippen LogP contribution in [0.3, 0.4) is 0 Å². The minimum Gasteiger partial charge on any atom is -0.383 e. The molecule has 0 spiro atoms. The topological polar surface area (TPSA) is 63.8 Å². The summed E-state index contributed by atoms with van der Waals surface area (Å²) in [6.07, 6.45) is 0. The number of benzene rings is 1. The van der Waals surface area contributed by atoms with Crippen molar-refractivity contribution in [3.8, 4) is 0 Å². The molecule has 1 aromatic heterocycles. The number of hydrogen-bond acceptors (Lipinski definition) is 4. The van der Waals surface area contributed by atoms with E-state index < -0.39 is 0 Å².